The molecule has 0 aromatic heterocycles. The highest BCUT2D eigenvalue weighted by atomic mass is 32.1. The maximum Gasteiger partial charge on any atom is 0.273 e. The van der Waals surface area contributed by atoms with Gasteiger partial charge >= 0.3 is 0 Å². The van der Waals surface area contributed by atoms with Crippen LogP contribution in [0.5, 0.6) is 0 Å². The molecule has 3 nitrogen and oxygen atoms in total. The van der Waals surface area contributed by atoms with E-state index in [0.717, 1.165) is 5.56 Å². The molecule has 1 aliphatic rings. The molecule has 80 valence electrons. The number of thiocarbonyl (C=S) groups is 1. The van der Waals surface area contributed by atoms with Crippen molar-refractivity contribution in [3.05, 3.63) is 53.7 Å². The van der Waals surface area contributed by atoms with Gasteiger partial charge in [0.15, 0.2) is 5.11 Å². The Balaban J connectivity index is 2.07. The number of carbonyl (C=O) groups excluding carboxylic acids is 1. The Hall–Kier alpha value is -1.94. The van der Waals surface area contributed by atoms with Gasteiger partial charge < -0.3 is 5.32 Å². The number of hydrogen-bond acceptors (Lipinski definition) is 2. The first-order valence-electron chi connectivity index (χ1n) is 4.81. The third-order valence-electron chi connectivity index (χ3n) is 2.07. The molecule has 0 radical (unpaired) electrons. The molecule has 0 spiro atoms. The van der Waals surface area contributed by atoms with E-state index in [9.17, 15) is 4.79 Å². The summed E-state index contributed by atoms with van der Waals surface area (Å²) in [6.07, 6.45) is 5.43. The van der Waals surface area contributed by atoms with E-state index >= 15 is 0 Å². The lowest BCUT2D eigenvalue weighted by Crippen LogP contribution is -2.21. The Bertz CT molecular complexity index is 477. The highest BCUT2D eigenvalue weighted by Gasteiger charge is 2.18. The number of carbonyl (C=O) groups is 1. The second kappa shape index (κ2) is 4.72. The number of rotatable bonds is 2. The van der Waals surface area contributed by atoms with Crippen LogP contribution in [0.25, 0.3) is 6.08 Å². The van der Waals surface area contributed by atoms with Crippen molar-refractivity contribution in [3.8, 4) is 0 Å². The normalized spacial score (nSPS) is 17.9. The quantitative estimate of drug-likeness (QED) is 0.599. The summed E-state index contributed by atoms with van der Waals surface area (Å²) in [5, 5.41) is 5.62. The Labute approximate surface area is 98.9 Å². The number of amides is 1. The highest BCUT2D eigenvalue weighted by Crippen LogP contribution is 2.03. The van der Waals surface area contributed by atoms with Crippen LogP contribution < -0.4 is 10.6 Å². The molecule has 1 fully saturated rings. The lowest BCUT2D eigenvalue weighted by Gasteiger charge is -1.91. The zero-order valence-corrected chi connectivity index (χ0v) is 9.25. The molecule has 2 rings (SSSR count). The Morgan fingerprint density at radius 2 is 1.88 bits per heavy atom. The van der Waals surface area contributed by atoms with E-state index in [1.807, 2.05) is 42.5 Å². The van der Waals surface area contributed by atoms with E-state index in [0.29, 0.717) is 10.8 Å². The van der Waals surface area contributed by atoms with Crippen molar-refractivity contribution in [2.45, 2.75) is 0 Å². The Kier molecular flexibility index (Phi) is 3.12. The average molecular weight is 230 g/mol. The molecule has 2 N–H and O–H groups in total. The van der Waals surface area contributed by atoms with Crippen LogP contribution in [0.3, 0.4) is 0 Å². The molecule has 1 heterocycles. The molecule has 16 heavy (non-hydrogen) atoms. The fourth-order valence-electron chi connectivity index (χ4n) is 1.32. The zero-order chi connectivity index (χ0) is 11.4. The number of nitrogens with one attached hydrogen (secondary N) is 2. The van der Waals surface area contributed by atoms with Gasteiger partial charge in [0.05, 0.1) is 0 Å². The summed E-state index contributed by atoms with van der Waals surface area (Å²) in [6.45, 7) is 0. The van der Waals surface area contributed by atoms with Gasteiger partial charge in [-0.1, -0.05) is 42.5 Å². The summed E-state index contributed by atoms with van der Waals surface area (Å²) < 4.78 is 0. The SMILES string of the molecule is O=C1NC(=S)NC1=CC=Cc1ccccc1. The van der Waals surface area contributed by atoms with Crippen molar-refractivity contribution in [2.75, 3.05) is 0 Å². The van der Waals surface area contributed by atoms with Crippen LogP contribution in [-0.4, -0.2) is 11.0 Å². The van der Waals surface area contributed by atoms with Gasteiger partial charge in [-0.25, -0.2) is 0 Å². The molecule has 0 aliphatic carbocycles. The lowest BCUT2D eigenvalue weighted by atomic mass is 10.2. The largest absolute Gasteiger partial charge is 0.328 e. The molecule has 1 amide bonds. The van der Waals surface area contributed by atoms with Gasteiger partial charge in [0, 0.05) is 0 Å². The first kappa shape index (κ1) is 10.6. The van der Waals surface area contributed by atoms with Crippen molar-refractivity contribution >= 4 is 29.3 Å². The van der Waals surface area contributed by atoms with E-state index < -0.39 is 0 Å². The minimum absolute atomic E-state index is 0.192. The van der Waals surface area contributed by atoms with E-state index in [1.165, 1.54) is 0 Å². The van der Waals surface area contributed by atoms with E-state index in [-0.39, 0.29) is 5.91 Å². The van der Waals surface area contributed by atoms with E-state index in [1.54, 1.807) is 6.08 Å². The summed E-state index contributed by atoms with van der Waals surface area (Å²) >= 11 is 4.81. The fourth-order valence-corrected chi connectivity index (χ4v) is 1.52. The number of allylic oxidation sites excluding steroid dienone is 2. The zero-order valence-electron chi connectivity index (χ0n) is 8.44. The van der Waals surface area contributed by atoms with Crippen LogP contribution in [-0.2, 0) is 4.79 Å². The smallest absolute Gasteiger partial charge is 0.273 e. The summed E-state index contributed by atoms with van der Waals surface area (Å²) in [5.74, 6) is -0.192. The molecule has 1 saturated heterocycles. The van der Waals surface area contributed by atoms with E-state index in [2.05, 4.69) is 10.6 Å². The van der Waals surface area contributed by atoms with Crippen LogP contribution in [0.4, 0.5) is 0 Å². The van der Waals surface area contributed by atoms with Crippen LogP contribution in [0.2, 0.25) is 0 Å². The minimum Gasteiger partial charge on any atom is -0.328 e. The van der Waals surface area contributed by atoms with Gasteiger partial charge in [0.1, 0.15) is 5.70 Å². The maximum atomic E-state index is 11.3. The van der Waals surface area contributed by atoms with Crippen molar-refractivity contribution in [1.82, 2.24) is 10.6 Å². The monoisotopic (exact) mass is 230 g/mol. The summed E-state index contributed by atoms with van der Waals surface area (Å²) in [6, 6.07) is 9.86. The maximum absolute atomic E-state index is 11.3. The van der Waals surface area contributed by atoms with Crippen LogP contribution in [0.1, 0.15) is 5.56 Å². The average Bonchev–Trinajstić information content (AvgIpc) is 2.59. The molecule has 1 aromatic rings. The van der Waals surface area contributed by atoms with Crippen molar-refractivity contribution < 1.29 is 4.79 Å². The molecular formula is C12H10N2OS. The molecule has 0 saturated carbocycles. The third kappa shape index (κ3) is 2.55. The number of benzene rings is 1. The minimum atomic E-state index is -0.192. The van der Waals surface area contributed by atoms with Gasteiger partial charge in [-0.15, -0.1) is 0 Å². The number of hydrogen-bond donors (Lipinski definition) is 2. The van der Waals surface area contributed by atoms with E-state index in [4.69, 9.17) is 12.2 Å². The van der Waals surface area contributed by atoms with Gasteiger partial charge in [0.25, 0.3) is 5.91 Å². The second-order valence-electron chi connectivity index (χ2n) is 3.26. The van der Waals surface area contributed by atoms with Crippen LogP contribution >= 0.6 is 12.2 Å². The third-order valence-corrected chi connectivity index (χ3v) is 2.28. The molecule has 0 unspecified atom stereocenters. The molecule has 1 aliphatic heterocycles. The van der Waals surface area contributed by atoms with Gasteiger partial charge in [0.2, 0.25) is 0 Å². The predicted molar refractivity (Wildman–Crippen MR) is 67.4 cm³/mol. The fraction of sp³-hybridized carbons (Fsp3) is 0. The standard InChI is InChI=1S/C12H10N2OS/c15-11-10(13-12(16)14-11)8-4-7-9-5-2-1-3-6-9/h1-8H,(H2,13,14,15,16). The second-order valence-corrected chi connectivity index (χ2v) is 3.67. The lowest BCUT2D eigenvalue weighted by molar-refractivity contribution is -0.115. The Morgan fingerprint density at radius 3 is 2.50 bits per heavy atom. The predicted octanol–water partition coefficient (Wildman–Crippen LogP) is 1.59. The van der Waals surface area contributed by atoms with Crippen molar-refractivity contribution in [1.29, 1.82) is 0 Å². The molecule has 4 heteroatoms. The first-order chi connectivity index (χ1) is 7.75. The van der Waals surface area contributed by atoms with Crippen molar-refractivity contribution in [2.24, 2.45) is 0 Å². The Morgan fingerprint density at radius 1 is 1.12 bits per heavy atom. The van der Waals surface area contributed by atoms with Crippen LogP contribution in [0, 0.1) is 0 Å². The molecule has 0 atom stereocenters. The van der Waals surface area contributed by atoms with Gasteiger partial charge in [-0.05, 0) is 23.9 Å². The first-order valence-corrected chi connectivity index (χ1v) is 5.22. The molecule has 1 aromatic carbocycles. The van der Waals surface area contributed by atoms with Gasteiger partial charge in [-0.3, -0.25) is 10.1 Å². The summed E-state index contributed by atoms with van der Waals surface area (Å²) in [7, 11) is 0. The topological polar surface area (TPSA) is 41.1 Å². The summed E-state index contributed by atoms with van der Waals surface area (Å²) in [5.41, 5.74) is 1.55. The highest BCUT2D eigenvalue weighted by molar-refractivity contribution is 7.80. The van der Waals surface area contributed by atoms with Crippen LogP contribution in [0.15, 0.2) is 48.2 Å². The summed E-state index contributed by atoms with van der Waals surface area (Å²) in [4.78, 5) is 11.3. The molecule has 0 bridgehead atoms. The van der Waals surface area contributed by atoms with Crippen molar-refractivity contribution in [3.63, 3.8) is 0 Å². The molecular weight excluding hydrogens is 220 g/mol. The van der Waals surface area contributed by atoms with Gasteiger partial charge in [-0.2, -0.15) is 0 Å².